The number of carbonyl (C=O) groups excluding carboxylic acids is 1. The third kappa shape index (κ3) is 6.02. The average Bonchev–Trinajstić information content (AvgIpc) is 3.46. The minimum absolute atomic E-state index is 0.0731. The van der Waals surface area contributed by atoms with Gasteiger partial charge in [0.1, 0.15) is 5.01 Å². The van der Waals surface area contributed by atoms with Crippen molar-refractivity contribution in [3.63, 3.8) is 0 Å². The molecule has 0 spiro atoms. The topological polar surface area (TPSA) is 85.6 Å². The van der Waals surface area contributed by atoms with Crippen molar-refractivity contribution in [1.82, 2.24) is 25.2 Å². The Balaban J connectivity index is 1.33. The Morgan fingerprint density at radius 2 is 1.94 bits per heavy atom. The monoisotopic (exact) mass is 464 g/mol. The summed E-state index contributed by atoms with van der Waals surface area (Å²) in [6.07, 6.45) is 3.72. The molecule has 0 saturated heterocycles. The van der Waals surface area contributed by atoms with Gasteiger partial charge < -0.3 is 5.32 Å². The zero-order valence-corrected chi connectivity index (χ0v) is 19.4. The van der Waals surface area contributed by atoms with Crippen molar-refractivity contribution in [3.8, 4) is 5.69 Å². The third-order valence-corrected chi connectivity index (χ3v) is 6.61. The summed E-state index contributed by atoms with van der Waals surface area (Å²) in [7, 11) is 0. The Hall–Kier alpha value is -3.04. The Labute approximate surface area is 195 Å². The molecule has 9 heteroatoms. The normalized spacial score (nSPS) is 10.9. The summed E-state index contributed by atoms with van der Waals surface area (Å²) in [6.45, 7) is 2.20. The lowest BCUT2D eigenvalue weighted by atomic mass is 10.1. The molecular formula is C23H24N6OS2. The molecule has 0 fully saturated rings. The van der Waals surface area contributed by atoms with E-state index in [1.165, 1.54) is 41.5 Å². The van der Waals surface area contributed by atoms with Crippen LogP contribution in [-0.2, 0) is 23.4 Å². The lowest BCUT2D eigenvalue weighted by Crippen LogP contribution is -2.14. The third-order valence-electron chi connectivity index (χ3n) is 4.76. The van der Waals surface area contributed by atoms with Crippen LogP contribution in [0.15, 0.2) is 65.1 Å². The zero-order valence-electron chi connectivity index (χ0n) is 17.8. The van der Waals surface area contributed by atoms with Gasteiger partial charge in [-0.05, 0) is 53.1 Å². The van der Waals surface area contributed by atoms with Crippen LogP contribution in [0, 0.1) is 0 Å². The highest BCUT2D eigenvalue weighted by Crippen LogP contribution is 2.24. The number of hydrogen-bond donors (Lipinski definition) is 1. The van der Waals surface area contributed by atoms with Crippen molar-refractivity contribution in [3.05, 3.63) is 76.2 Å². The Kier molecular flexibility index (Phi) is 7.63. The van der Waals surface area contributed by atoms with E-state index in [1.54, 1.807) is 4.68 Å². The number of carbonyl (C=O) groups is 1. The second kappa shape index (κ2) is 11.0. The number of aromatic nitrogens is 5. The highest BCUT2D eigenvalue weighted by molar-refractivity contribution is 7.98. The number of thiazole rings is 1. The molecule has 2 heterocycles. The van der Waals surface area contributed by atoms with Crippen LogP contribution in [0.1, 0.15) is 36.0 Å². The number of para-hydroxylation sites is 1. The van der Waals surface area contributed by atoms with E-state index in [-0.39, 0.29) is 12.3 Å². The Bertz CT molecular complexity index is 1140. The fraction of sp³-hybridized carbons (Fsp3) is 0.261. The molecule has 0 saturated carbocycles. The van der Waals surface area contributed by atoms with Gasteiger partial charge >= 0.3 is 0 Å². The Morgan fingerprint density at radius 1 is 1.12 bits per heavy atom. The maximum atomic E-state index is 12.2. The van der Waals surface area contributed by atoms with Crippen molar-refractivity contribution in [2.75, 3.05) is 5.32 Å². The molecule has 32 heavy (non-hydrogen) atoms. The van der Waals surface area contributed by atoms with E-state index < -0.39 is 0 Å². The Morgan fingerprint density at radius 3 is 2.72 bits per heavy atom. The second-order valence-electron chi connectivity index (χ2n) is 7.26. The van der Waals surface area contributed by atoms with Gasteiger partial charge in [0.2, 0.25) is 11.1 Å². The number of tetrazole rings is 1. The molecule has 0 bridgehead atoms. The summed E-state index contributed by atoms with van der Waals surface area (Å²) in [5.74, 6) is 0.558. The minimum Gasteiger partial charge on any atom is -0.326 e. The van der Waals surface area contributed by atoms with Crippen LogP contribution in [0.3, 0.4) is 0 Å². The number of hydrogen-bond acceptors (Lipinski definition) is 7. The van der Waals surface area contributed by atoms with E-state index in [9.17, 15) is 4.79 Å². The van der Waals surface area contributed by atoms with Gasteiger partial charge in [-0.1, -0.05) is 55.4 Å². The molecule has 1 N–H and O–H groups in total. The molecule has 2 aromatic heterocycles. The van der Waals surface area contributed by atoms with Crippen molar-refractivity contribution in [2.45, 2.75) is 43.5 Å². The standard InChI is InChI=1S/C23H24N6OS2/c1-2-3-7-17-10-12-20(13-11-17)29-23(26-27-28-29)32-16-19-15-31-22(25-19)14-21(30)24-18-8-5-4-6-9-18/h4-6,8-13,15H,2-3,7,14,16H2,1H3,(H,24,30). The predicted molar refractivity (Wildman–Crippen MR) is 128 cm³/mol. The van der Waals surface area contributed by atoms with Crippen LogP contribution in [0.5, 0.6) is 0 Å². The predicted octanol–water partition coefficient (Wildman–Crippen LogP) is 4.93. The van der Waals surface area contributed by atoms with Gasteiger partial charge in [0.25, 0.3) is 0 Å². The molecule has 164 valence electrons. The number of thioether (sulfide) groups is 1. The first-order chi connectivity index (χ1) is 15.7. The quantitative estimate of drug-likeness (QED) is 0.335. The van der Waals surface area contributed by atoms with Gasteiger partial charge in [0, 0.05) is 16.8 Å². The molecule has 2 aromatic carbocycles. The summed E-state index contributed by atoms with van der Waals surface area (Å²) in [5.41, 5.74) is 3.96. The smallest absolute Gasteiger partial charge is 0.231 e. The molecule has 4 rings (SSSR count). The minimum atomic E-state index is -0.0731. The largest absolute Gasteiger partial charge is 0.326 e. The first-order valence-corrected chi connectivity index (χ1v) is 12.4. The molecule has 0 aliphatic heterocycles. The van der Waals surface area contributed by atoms with E-state index in [0.29, 0.717) is 10.9 Å². The van der Waals surface area contributed by atoms with Crippen molar-refractivity contribution in [2.24, 2.45) is 0 Å². The summed E-state index contributed by atoms with van der Waals surface area (Å²) >= 11 is 3.02. The van der Waals surface area contributed by atoms with Gasteiger partial charge in [-0.25, -0.2) is 4.98 Å². The summed E-state index contributed by atoms with van der Waals surface area (Å²) in [4.78, 5) is 16.8. The van der Waals surface area contributed by atoms with Gasteiger partial charge in [-0.15, -0.1) is 16.4 Å². The van der Waals surface area contributed by atoms with E-state index in [1.807, 2.05) is 35.7 Å². The number of rotatable bonds is 10. The van der Waals surface area contributed by atoms with Crippen LogP contribution in [0.2, 0.25) is 0 Å². The number of amides is 1. The molecular weight excluding hydrogens is 440 g/mol. The summed E-state index contributed by atoms with van der Waals surface area (Å²) < 4.78 is 1.74. The lowest BCUT2D eigenvalue weighted by molar-refractivity contribution is -0.115. The van der Waals surface area contributed by atoms with Crippen LogP contribution < -0.4 is 5.32 Å². The molecule has 0 radical (unpaired) electrons. The van der Waals surface area contributed by atoms with Gasteiger partial charge in [0.05, 0.1) is 17.8 Å². The molecule has 1 amide bonds. The van der Waals surface area contributed by atoms with Gasteiger partial charge in [-0.3, -0.25) is 4.79 Å². The molecule has 0 atom stereocenters. The number of anilines is 1. The lowest BCUT2D eigenvalue weighted by Gasteiger charge is -2.05. The van der Waals surface area contributed by atoms with E-state index in [0.717, 1.165) is 28.5 Å². The molecule has 0 aliphatic carbocycles. The average molecular weight is 465 g/mol. The fourth-order valence-corrected chi connectivity index (χ4v) is 4.80. The van der Waals surface area contributed by atoms with Gasteiger partial charge in [0.15, 0.2) is 0 Å². The summed E-state index contributed by atoms with van der Waals surface area (Å²) in [6, 6.07) is 17.8. The first kappa shape index (κ1) is 22.2. The van der Waals surface area contributed by atoms with E-state index in [4.69, 9.17) is 0 Å². The molecule has 0 aliphatic rings. The highest BCUT2D eigenvalue weighted by Gasteiger charge is 2.12. The van der Waals surface area contributed by atoms with Crippen molar-refractivity contribution >= 4 is 34.7 Å². The van der Waals surface area contributed by atoms with Crippen molar-refractivity contribution < 1.29 is 4.79 Å². The molecule has 4 aromatic rings. The second-order valence-corrected chi connectivity index (χ2v) is 9.14. The van der Waals surface area contributed by atoms with Gasteiger partial charge in [-0.2, -0.15) is 4.68 Å². The van der Waals surface area contributed by atoms with Crippen LogP contribution in [-0.4, -0.2) is 31.1 Å². The van der Waals surface area contributed by atoms with E-state index >= 15 is 0 Å². The number of aryl methyl sites for hydroxylation is 1. The maximum Gasteiger partial charge on any atom is 0.231 e. The van der Waals surface area contributed by atoms with Crippen LogP contribution >= 0.6 is 23.1 Å². The van der Waals surface area contributed by atoms with E-state index in [2.05, 4.69) is 57.0 Å². The zero-order chi connectivity index (χ0) is 22.2. The molecule has 0 unspecified atom stereocenters. The number of unbranched alkanes of at least 4 members (excludes halogenated alkanes) is 1. The molecule has 7 nitrogen and oxygen atoms in total. The highest BCUT2D eigenvalue weighted by atomic mass is 32.2. The first-order valence-electron chi connectivity index (χ1n) is 10.5. The SMILES string of the molecule is CCCCc1ccc(-n2nnnc2SCc2csc(CC(=O)Nc3ccccc3)n2)cc1. The number of nitrogens with zero attached hydrogens (tertiary/aromatic N) is 5. The number of benzene rings is 2. The fourth-order valence-electron chi connectivity index (χ4n) is 3.11. The van der Waals surface area contributed by atoms with Crippen molar-refractivity contribution in [1.29, 1.82) is 0 Å². The summed E-state index contributed by atoms with van der Waals surface area (Å²) in [5, 5.41) is 18.5. The van der Waals surface area contributed by atoms with Crippen LogP contribution in [0.25, 0.3) is 5.69 Å². The van der Waals surface area contributed by atoms with Crippen LogP contribution in [0.4, 0.5) is 5.69 Å². The number of nitrogens with one attached hydrogen (secondary N) is 1. The maximum absolute atomic E-state index is 12.2.